The van der Waals surface area contributed by atoms with Crippen LogP contribution in [0.5, 0.6) is 17.2 Å². The molecule has 0 atom stereocenters. The number of hydrogen-bond donors (Lipinski definition) is 1. The Hall–Kier alpha value is -3.52. The second kappa shape index (κ2) is 10.2. The zero-order valence-corrected chi connectivity index (χ0v) is 19.4. The summed E-state index contributed by atoms with van der Waals surface area (Å²) in [5, 5.41) is 3.28. The number of rotatable bonds is 8. The first-order valence-electron chi connectivity index (χ1n) is 9.92. The van der Waals surface area contributed by atoms with Crippen LogP contribution in [0.2, 0.25) is 0 Å². The van der Waals surface area contributed by atoms with Gasteiger partial charge in [0.2, 0.25) is 5.75 Å². The monoisotopic (exact) mass is 455 g/mol. The van der Waals surface area contributed by atoms with Gasteiger partial charge in [0.15, 0.2) is 11.5 Å². The number of hydrogen-bond acceptors (Lipinski definition) is 7. The van der Waals surface area contributed by atoms with Crippen LogP contribution in [-0.4, -0.2) is 39.8 Å². The smallest absolute Gasteiger partial charge is 0.341 e. The topological polar surface area (TPSA) is 83.1 Å². The molecule has 1 heterocycles. The molecule has 0 saturated carbocycles. The molecule has 7 nitrogen and oxygen atoms in total. The minimum Gasteiger partial charge on any atom is -0.493 e. The maximum Gasteiger partial charge on any atom is 0.341 e. The lowest BCUT2D eigenvalue weighted by Crippen LogP contribution is -2.15. The van der Waals surface area contributed by atoms with Crippen molar-refractivity contribution in [1.29, 1.82) is 0 Å². The first-order valence-corrected chi connectivity index (χ1v) is 10.7. The molecule has 2 aromatic carbocycles. The number of esters is 1. The summed E-state index contributed by atoms with van der Waals surface area (Å²) in [5.41, 5.74) is 2.25. The van der Waals surface area contributed by atoms with Gasteiger partial charge in [-0.1, -0.05) is 30.3 Å². The third-order valence-electron chi connectivity index (χ3n) is 4.78. The number of methoxy groups -OCH3 is 3. The van der Waals surface area contributed by atoms with E-state index in [1.54, 1.807) is 19.1 Å². The molecule has 3 rings (SSSR count). The van der Waals surface area contributed by atoms with E-state index in [0.29, 0.717) is 33.4 Å². The number of amides is 1. The van der Waals surface area contributed by atoms with Gasteiger partial charge in [-0.3, -0.25) is 4.79 Å². The molecule has 0 aliphatic heterocycles. The zero-order chi connectivity index (χ0) is 23.3. The van der Waals surface area contributed by atoms with Crippen molar-refractivity contribution in [1.82, 2.24) is 0 Å². The molecule has 0 fully saturated rings. The standard InChI is InChI=1S/C24H25NO6S/c1-6-31-24(27)20-19(15-10-8-7-9-11-15)14(2)32-23(20)25-22(26)16-12-17(28-3)21(30-5)18(13-16)29-4/h7-13H,6H2,1-5H3,(H,25,26). The van der Waals surface area contributed by atoms with E-state index in [2.05, 4.69) is 5.32 Å². The number of ether oxygens (including phenoxy) is 4. The molecule has 3 aromatic rings. The highest BCUT2D eigenvalue weighted by Gasteiger charge is 2.26. The van der Waals surface area contributed by atoms with Crippen LogP contribution in [-0.2, 0) is 4.74 Å². The van der Waals surface area contributed by atoms with Gasteiger partial charge in [0.1, 0.15) is 10.6 Å². The van der Waals surface area contributed by atoms with E-state index >= 15 is 0 Å². The molecule has 0 radical (unpaired) electrons. The van der Waals surface area contributed by atoms with Crippen molar-refractivity contribution in [3.05, 3.63) is 58.5 Å². The highest BCUT2D eigenvalue weighted by atomic mass is 32.1. The van der Waals surface area contributed by atoms with Crippen LogP contribution in [0, 0.1) is 6.92 Å². The van der Waals surface area contributed by atoms with Gasteiger partial charge in [0.25, 0.3) is 5.91 Å². The van der Waals surface area contributed by atoms with Crippen LogP contribution in [0.1, 0.15) is 32.5 Å². The predicted molar refractivity (Wildman–Crippen MR) is 124 cm³/mol. The Morgan fingerprint density at radius 3 is 2.12 bits per heavy atom. The van der Waals surface area contributed by atoms with Crippen molar-refractivity contribution in [3.63, 3.8) is 0 Å². The van der Waals surface area contributed by atoms with Crippen LogP contribution in [0.25, 0.3) is 11.1 Å². The van der Waals surface area contributed by atoms with Gasteiger partial charge >= 0.3 is 5.97 Å². The third-order valence-corrected chi connectivity index (χ3v) is 5.80. The lowest BCUT2D eigenvalue weighted by Gasteiger charge is -2.14. The Morgan fingerprint density at radius 1 is 0.969 bits per heavy atom. The molecule has 0 aliphatic rings. The summed E-state index contributed by atoms with van der Waals surface area (Å²) in [4.78, 5) is 26.9. The molecular formula is C24H25NO6S. The number of thiophene rings is 1. The van der Waals surface area contributed by atoms with Gasteiger partial charge in [-0.05, 0) is 31.5 Å². The average molecular weight is 456 g/mol. The van der Waals surface area contributed by atoms with E-state index < -0.39 is 11.9 Å². The number of carbonyl (C=O) groups is 2. The fourth-order valence-electron chi connectivity index (χ4n) is 3.37. The van der Waals surface area contributed by atoms with Crippen LogP contribution < -0.4 is 19.5 Å². The predicted octanol–water partition coefficient (Wildman–Crippen LogP) is 5.18. The minimum atomic E-state index is -0.490. The van der Waals surface area contributed by atoms with Crippen molar-refractivity contribution in [2.45, 2.75) is 13.8 Å². The lowest BCUT2D eigenvalue weighted by atomic mass is 10.0. The minimum absolute atomic E-state index is 0.224. The van der Waals surface area contributed by atoms with Gasteiger partial charge in [-0.15, -0.1) is 11.3 Å². The Morgan fingerprint density at radius 2 is 1.59 bits per heavy atom. The quantitative estimate of drug-likeness (QED) is 0.472. The van der Waals surface area contributed by atoms with Gasteiger partial charge < -0.3 is 24.3 Å². The fourth-order valence-corrected chi connectivity index (χ4v) is 4.43. The first-order chi connectivity index (χ1) is 15.4. The Bertz CT molecular complexity index is 1100. The molecule has 0 spiro atoms. The summed E-state index contributed by atoms with van der Waals surface area (Å²) in [6.45, 7) is 3.88. The van der Waals surface area contributed by atoms with Crippen molar-refractivity contribution in [2.24, 2.45) is 0 Å². The van der Waals surface area contributed by atoms with Crippen molar-refractivity contribution in [2.75, 3.05) is 33.3 Å². The Kier molecular flexibility index (Phi) is 7.37. The van der Waals surface area contributed by atoms with E-state index in [4.69, 9.17) is 18.9 Å². The van der Waals surface area contributed by atoms with E-state index in [1.807, 2.05) is 37.3 Å². The fraction of sp³-hybridized carbons (Fsp3) is 0.250. The Labute approximate surface area is 190 Å². The molecule has 1 amide bonds. The first kappa shape index (κ1) is 23.1. The normalized spacial score (nSPS) is 10.4. The summed E-state index contributed by atoms with van der Waals surface area (Å²) in [5.74, 6) is 0.188. The maximum atomic E-state index is 13.1. The molecule has 0 unspecified atom stereocenters. The number of benzene rings is 2. The second-order valence-electron chi connectivity index (χ2n) is 6.69. The zero-order valence-electron chi connectivity index (χ0n) is 18.6. The molecule has 0 saturated heterocycles. The molecule has 0 bridgehead atoms. The summed E-state index contributed by atoms with van der Waals surface area (Å²) >= 11 is 1.32. The van der Waals surface area contributed by atoms with Gasteiger partial charge in [-0.2, -0.15) is 0 Å². The molecule has 1 N–H and O–H groups in total. The molecule has 0 aliphatic carbocycles. The van der Waals surface area contributed by atoms with Crippen LogP contribution in [0.4, 0.5) is 5.00 Å². The SMILES string of the molecule is CCOC(=O)c1c(NC(=O)c2cc(OC)c(OC)c(OC)c2)sc(C)c1-c1ccccc1. The van der Waals surface area contributed by atoms with Crippen LogP contribution >= 0.6 is 11.3 Å². The summed E-state index contributed by atoms with van der Waals surface area (Å²) in [6, 6.07) is 12.7. The third kappa shape index (κ3) is 4.55. The number of aryl methyl sites for hydroxylation is 1. The molecule has 8 heteroatoms. The second-order valence-corrected chi connectivity index (χ2v) is 7.92. The highest BCUT2D eigenvalue weighted by molar-refractivity contribution is 7.17. The Balaban J connectivity index is 2.06. The average Bonchev–Trinajstić information content (AvgIpc) is 3.14. The molecule has 168 valence electrons. The molecule has 1 aromatic heterocycles. The van der Waals surface area contributed by atoms with E-state index in [-0.39, 0.29) is 6.61 Å². The summed E-state index contributed by atoms with van der Waals surface area (Å²) in [6.07, 6.45) is 0. The van der Waals surface area contributed by atoms with Crippen LogP contribution in [0.3, 0.4) is 0 Å². The lowest BCUT2D eigenvalue weighted by molar-refractivity contribution is 0.0529. The summed E-state index contributed by atoms with van der Waals surface area (Å²) < 4.78 is 21.3. The van der Waals surface area contributed by atoms with Crippen LogP contribution in [0.15, 0.2) is 42.5 Å². The molecule has 32 heavy (non-hydrogen) atoms. The number of carbonyl (C=O) groups excluding carboxylic acids is 2. The van der Waals surface area contributed by atoms with Crippen molar-refractivity contribution >= 4 is 28.2 Å². The van der Waals surface area contributed by atoms with E-state index in [9.17, 15) is 9.59 Å². The van der Waals surface area contributed by atoms with Gasteiger partial charge in [-0.25, -0.2) is 4.79 Å². The van der Waals surface area contributed by atoms with Crippen molar-refractivity contribution in [3.8, 4) is 28.4 Å². The van der Waals surface area contributed by atoms with E-state index in [1.165, 1.54) is 32.7 Å². The number of anilines is 1. The summed E-state index contributed by atoms with van der Waals surface area (Å²) in [7, 11) is 4.45. The largest absolute Gasteiger partial charge is 0.493 e. The van der Waals surface area contributed by atoms with E-state index in [0.717, 1.165) is 16.0 Å². The van der Waals surface area contributed by atoms with Gasteiger partial charge in [0.05, 0.1) is 27.9 Å². The highest BCUT2D eigenvalue weighted by Crippen LogP contribution is 2.42. The molecular weight excluding hydrogens is 430 g/mol. The van der Waals surface area contributed by atoms with Crippen molar-refractivity contribution < 1.29 is 28.5 Å². The maximum absolute atomic E-state index is 13.1. The van der Waals surface area contributed by atoms with Gasteiger partial charge in [0, 0.05) is 16.0 Å². The number of nitrogens with one attached hydrogen (secondary N) is 1.